The molecule has 0 saturated carbocycles. The molecule has 2 unspecified atom stereocenters. The van der Waals surface area contributed by atoms with Crippen LogP contribution in [0, 0.1) is 0 Å². The van der Waals surface area contributed by atoms with Gasteiger partial charge in [-0.15, -0.1) is 0 Å². The lowest BCUT2D eigenvalue weighted by Gasteiger charge is -2.24. The van der Waals surface area contributed by atoms with Crippen LogP contribution in [0.4, 0.5) is 18.0 Å². The lowest BCUT2D eigenvalue weighted by molar-refractivity contribution is -0.177. The summed E-state index contributed by atoms with van der Waals surface area (Å²) < 4.78 is 58.4. The fraction of sp³-hybridized carbons (Fsp3) is 0.346. The number of carbonyl (C=O) groups is 5. The van der Waals surface area contributed by atoms with Crippen molar-refractivity contribution in [2.24, 2.45) is 0 Å². The van der Waals surface area contributed by atoms with E-state index < -0.39 is 60.9 Å². The Kier molecular flexibility index (Phi) is 11.9. The zero-order valence-corrected chi connectivity index (χ0v) is 21.4. The van der Waals surface area contributed by atoms with Crippen molar-refractivity contribution in [1.29, 1.82) is 0 Å². The number of nitrogens with one attached hydrogen (secondary N) is 2. The minimum atomic E-state index is -5.35. The average molecular weight is 569 g/mol. The van der Waals surface area contributed by atoms with E-state index in [0.717, 1.165) is 6.92 Å². The lowest BCUT2D eigenvalue weighted by atomic mass is 10.2. The van der Waals surface area contributed by atoms with Gasteiger partial charge in [0.1, 0.15) is 25.9 Å². The van der Waals surface area contributed by atoms with Crippen molar-refractivity contribution in [1.82, 2.24) is 10.6 Å². The third-order valence-corrected chi connectivity index (χ3v) is 5.02. The highest BCUT2D eigenvalue weighted by Crippen LogP contribution is 2.15. The predicted octanol–water partition coefficient (Wildman–Crippen LogP) is 2.57. The number of alkyl carbamates (subject to hydrolysis) is 1. The third-order valence-electron chi connectivity index (χ3n) is 5.02. The zero-order chi connectivity index (χ0) is 29.7. The molecule has 3 atom stereocenters. The Labute approximate surface area is 226 Å². The second kappa shape index (κ2) is 15.1. The van der Waals surface area contributed by atoms with Crippen molar-refractivity contribution in [2.75, 3.05) is 6.61 Å². The predicted molar refractivity (Wildman–Crippen MR) is 130 cm³/mol. The molecule has 2 N–H and O–H groups in total. The molecule has 14 heteroatoms. The van der Waals surface area contributed by atoms with Gasteiger partial charge in [-0.25, -0.2) is 14.4 Å². The molecule has 2 rings (SSSR count). The van der Waals surface area contributed by atoms with Gasteiger partial charge in [0.05, 0.1) is 0 Å². The maximum absolute atomic E-state index is 12.8. The van der Waals surface area contributed by atoms with Crippen LogP contribution in [0.5, 0.6) is 0 Å². The second-order valence-electron chi connectivity index (χ2n) is 8.25. The van der Waals surface area contributed by atoms with Crippen molar-refractivity contribution in [3.8, 4) is 0 Å². The van der Waals surface area contributed by atoms with Crippen molar-refractivity contribution >= 4 is 29.9 Å². The van der Waals surface area contributed by atoms with E-state index in [1.54, 1.807) is 60.7 Å². The molecule has 2 aromatic carbocycles. The summed E-state index contributed by atoms with van der Waals surface area (Å²) in [7, 11) is 0. The van der Waals surface area contributed by atoms with E-state index >= 15 is 0 Å². The molecule has 0 bridgehead atoms. The topological polar surface area (TPSA) is 146 Å². The van der Waals surface area contributed by atoms with E-state index in [0.29, 0.717) is 11.1 Å². The fourth-order valence-electron chi connectivity index (χ4n) is 3.08. The second-order valence-corrected chi connectivity index (χ2v) is 8.25. The Morgan fingerprint density at radius 1 is 0.775 bits per heavy atom. The maximum Gasteiger partial charge on any atom is 0.471 e. The molecule has 0 aliphatic carbocycles. The van der Waals surface area contributed by atoms with E-state index in [2.05, 4.69) is 5.32 Å². The number of amides is 2. The van der Waals surface area contributed by atoms with Gasteiger partial charge in [-0.1, -0.05) is 60.7 Å². The number of esters is 3. The summed E-state index contributed by atoms with van der Waals surface area (Å²) in [5.74, 6) is -5.91. The number of carbonyl (C=O) groups excluding carboxylic acids is 5. The Morgan fingerprint density at radius 3 is 1.80 bits per heavy atom. The number of hydrogen-bond donors (Lipinski definition) is 2. The Morgan fingerprint density at radius 2 is 1.30 bits per heavy atom. The molecule has 0 aliphatic rings. The highest BCUT2D eigenvalue weighted by molar-refractivity contribution is 5.88. The van der Waals surface area contributed by atoms with Gasteiger partial charge in [0.15, 0.2) is 12.1 Å². The highest BCUT2D eigenvalue weighted by atomic mass is 19.4. The van der Waals surface area contributed by atoms with Crippen molar-refractivity contribution < 1.29 is 56.1 Å². The number of rotatable bonds is 12. The minimum absolute atomic E-state index is 0.171. The first-order valence-electron chi connectivity index (χ1n) is 11.8. The van der Waals surface area contributed by atoms with Crippen LogP contribution in [0.1, 0.15) is 25.0 Å². The zero-order valence-electron chi connectivity index (χ0n) is 21.4. The quantitative estimate of drug-likeness (QED) is 0.291. The first kappa shape index (κ1) is 31.6. The van der Waals surface area contributed by atoms with E-state index in [1.807, 2.05) is 0 Å². The fourth-order valence-corrected chi connectivity index (χ4v) is 3.08. The molecule has 2 amide bonds. The van der Waals surface area contributed by atoms with Gasteiger partial charge in [-0.05, 0) is 18.1 Å². The Balaban J connectivity index is 2.10. The van der Waals surface area contributed by atoms with E-state index in [-0.39, 0.29) is 13.2 Å². The highest BCUT2D eigenvalue weighted by Gasteiger charge is 2.42. The monoisotopic (exact) mass is 568 g/mol. The molecular weight excluding hydrogens is 541 g/mol. The van der Waals surface area contributed by atoms with Crippen LogP contribution in [0.25, 0.3) is 0 Å². The molecule has 0 saturated heterocycles. The normalized spacial score (nSPS) is 13.1. The number of hydrogen-bond acceptors (Lipinski definition) is 9. The number of benzene rings is 2. The molecular formula is C26H27F3N2O9. The Hall–Kier alpha value is -4.62. The molecule has 0 heterocycles. The molecule has 0 aliphatic heterocycles. The summed E-state index contributed by atoms with van der Waals surface area (Å²) in [4.78, 5) is 60.5. The minimum Gasteiger partial charge on any atom is -0.461 e. The van der Waals surface area contributed by atoms with Crippen LogP contribution in [0.2, 0.25) is 0 Å². The molecule has 0 aromatic heterocycles. The van der Waals surface area contributed by atoms with E-state index in [4.69, 9.17) is 18.9 Å². The molecule has 0 fully saturated rings. The van der Waals surface area contributed by atoms with Crippen LogP contribution in [0.3, 0.4) is 0 Å². The van der Waals surface area contributed by atoms with Gasteiger partial charge in [-0.3, -0.25) is 9.59 Å². The maximum atomic E-state index is 12.8. The average Bonchev–Trinajstić information content (AvgIpc) is 2.91. The van der Waals surface area contributed by atoms with Crippen LogP contribution in [-0.2, 0) is 51.3 Å². The summed E-state index contributed by atoms with van der Waals surface area (Å²) in [6.45, 7) is 0.667. The van der Waals surface area contributed by atoms with Crippen molar-refractivity contribution in [3.63, 3.8) is 0 Å². The largest absolute Gasteiger partial charge is 0.471 e. The van der Waals surface area contributed by atoms with Gasteiger partial charge in [0, 0.05) is 6.92 Å². The van der Waals surface area contributed by atoms with Gasteiger partial charge >= 0.3 is 36.1 Å². The molecule has 11 nitrogen and oxygen atoms in total. The summed E-state index contributed by atoms with van der Waals surface area (Å²) >= 11 is 0. The Bertz CT molecular complexity index is 1160. The first-order valence-corrected chi connectivity index (χ1v) is 11.8. The third kappa shape index (κ3) is 11.0. The van der Waals surface area contributed by atoms with Crippen molar-refractivity contribution in [2.45, 2.75) is 51.4 Å². The van der Waals surface area contributed by atoms with Crippen LogP contribution in [-0.4, -0.2) is 60.9 Å². The van der Waals surface area contributed by atoms with Crippen LogP contribution in [0.15, 0.2) is 60.7 Å². The molecule has 216 valence electrons. The SMILES string of the molecule is CC(=O)OC(C)C(NC(=O)OCc1ccccc1)C(=O)OC[C@H](NC(=O)C(F)(F)F)C(=O)OCc1ccccc1. The standard InChI is InChI=1S/C26H27F3N2O9/c1-16(40-17(2)32)21(31-25(36)39-14-19-11-7-4-8-12-19)23(34)38-15-20(30-24(35)26(27,28)29)22(33)37-13-18-9-5-3-6-10-18/h3-12,16,20-21H,13-15H2,1-2H3,(H,30,35)(H,31,36)/t16?,20-,21?/m0/s1. The van der Waals surface area contributed by atoms with Gasteiger partial charge in [0.2, 0.25) is 0 Å². The molecule has 0 radical (unpaired) electrons. The van der Waals surface area contributed by atoms with E-state index in [1.165, 1.54) is 12.2 Å². The van der Waals surface area contributed by atoms with Crippen molar-refractivity contribution in [3.05, 3.63) is 71.8 Å². The molecule has 0 spiro atoms. The first-order chi connectivity index (χ1) is 18.9. The van der Waals surface area contributed by atoms with Gasteiger partial charge in [0.25, 0.3) is 0 Å². The number of halogens is 3. The van der Waals surface area contributed by atoms with Crippen LogP contribution >= 0.6 is 0 Å². The lowest BCUT2D eigenvalue weighted by Crippen LogP contribution is -2.53. The number of ether oxygens (including phenoxy) is 4. The molecule has 40 heavy (non-hydrogen) atoms. The van der Waals surface area contributed by atoms with E-state index in [9.17, 15) is 37.1 Å². The van der Waals surface area contributed by atoms with Crippen LogP contribution < -0.4 is 10.6 Å². The summed E-state index contributed by atoms with van der Waals surface area (Å²) in [5, 5.41) is 3.58. The molecule has 2 aromatic rings. The van der Waals surface area contributed by atoms with Gasteiger partial charge in [-0.2, -0.15) is 13.2 Å². The summed E-state index contributed by atoms with van der Waals surface area (Å²) in [6.07, 6.45) is -7.77. The number of alkyl halides is 3. The smallest absolute Gasteiger partial charge is 0.461 e. The summed E-state index contributed by atoms with van der Waals surface area (Å²) in [5.41, 5.74) is 1.13. The summed E-state index contributed by atoms with van der Waals surface area (Å²) in [6, 6.07) is 12.9. The van der Waals surface area contributed by atoms with Gasteiger partial charge < -0.3 is 29.6 Å².